The van der Waals surface area contributed by atoms with Crippen molar-refractivity contribution >= 4 is 35.0 Å². The van der Waals surface area contributed by atoms with Crippen LogP contribution in [0.4, 0.5) is 0 Å². The second-order valence-electron chi connectivity index (χ2n) is 12.8. The van der Waals surface area contributed by atoms with Gasteiger partial charge in [-0.15, -0.1) is 11.3 Å². The number of carbonyl (C=O) groups excluding carboxylic acids is 4. The van der Waals surface area contributed by atoms with E-state index in [4.69, 9.17) is 0 Å². The Balaban J connectivity index is 1.58. The van der Waals surface area contributed by atoms with Crippen molar-refractivity contribution in [2.45, 2.75) is 65.2 Å². The number of nitrogens with zero attached hydrogens (tertiary/aromatic N) is 1. The second-order valence-corrected chi connectivity index (χ2v) is 13.7. The molecular weight excluding hydrogens is 661 g/mol. The summed E-state index contributed by atoms with van der Waals surface area (Å²) < 4.78 is 0. The lowest BCUT2D eigenvalue weighted by Gasteiger charge is -2.25. The molecule has 1 heterocycles. The summed E-state index contributed by atoms with van der Waals surface area (Å²) in [5.74, 6) is -1.45. The van der Waals surface area contributed by atoms with Gasteiger partial charge in [-0.3, -0.25) is 19.2 Å². The Morgan fingerprint density at radius 1 is 0.784 bits per heavy atom. The molecule has 0 fully saturated rings. The number of hydrogen-bond acceptors (Lipinski definition) is 7. The summed E-state index contributed by atoms with van der Waals surface area (Å²) >= 11 is 1.29. The molecular formula is C40H46N6O4S. The molecule has 0 bridgehead atoms. The lowest BCUT2D eigenvalue weighted by Crippen LogP contribution is -2.55. The second kappa shape index (κ2) is 18.6. The number of carbonyl (C=O) groups is 4. The number of benzene rings is 3. The van der Waals surface area contributed by atoms with E-state index in [2.05, 4.69) is 32.7 Å². The Morgan fingerprint density at radius 2 is 1.41 bits per heavy atom. The maximum absolute atomic E-state index is 14.0. The predicted molar refractivity (Wildman–Crippen MR) is 201 cm³/mol. The summed E-state index contributed by atoms with van der Waals surface area (Å²) in [6.07, 6.45) is 0.464. The molecule has 10 nitrogen and oxygen atoms in total. The van der Waals surface area contributed by atoms with Crippen LogP contribution in [0, 0.1) is 17.2 Å². The largest absolute Gasteiger partial charge is 0.355 e. The molecule has 4 rings (SSSR count). The predicted octanol–water partition coefficient (Wildman–Crippen LogP) is 5.37. The molecule has 0 aliphatic carbocycles. The van der Waals surface area contributed by atoms with Crippen molar-refractivity contribution in [2.24, 2.45) is 5.92 Å². The molecule has 0 saturated carbocycles. The highest BCUT2D eigenvalue weighted by atomic mass is 32.1. The Labute approximate surface area is 304 Å². The van der Waals surface area contributed by atoms with Gasteiger partial charge < -0.3 is 26.6 Å². The first-order chi connectivity index (χ1) is 24.5. The van der Waals surface area contributed by atoms with E-state index >= 15 is 0 Å². The highest BCUT2D eigenvalue weighted by Crippen LogP contribution is 2.30. The molecule has 1 aromatic heterocycles. The average molecular weight is 707 g/mol. The molecule has 4 aromatic rings. The van der Waals surface area contributed by atoms with Crippen molar-refractivity contribution < 1.29 is 19.2 Å². The first-order valence-corrected chi connectivity index (χ1v) is 18.0. The van der Waals surface area contributed by atoms with Gasteiger partial charge in [-0.05, 0) is 79.4 Å². The Hall–Kier alpha value is -5.31. The average Bonchev–Trinajstić information content (AvgIpc) is 3.62. The van der Waals surface area contributed by atoms with Crippen molar-refractivity contribution in [2.75, 3.05) is 13.1 Å². The van der Waals surface area contributed by atoms with Gasteiger partial charge in [-0.2, -0.15) is 5.26 Å². The van der Waals surface area contributed by atoms with E-state index in [0.29, 0.717) is 29.0 Å². The lowest BCUT2D eigenvalue weighted by atomic mass is 9.98. The van der Waals surface area contributed by atoms with Gasteiger partial charge >= 0.3 is 0 Å². The van der Waals surface area contributed by atoms with Crippen LogP contribution in [-0.2, 0) is 16.0 Å². The smallest absolute Gasteiger partial charge is 0.251 e. The molecule has 4 atom stereocenters. The van der Waals surface area contributed by atoms with Crippen molar-refractivity contribution in [1.29, 1.82) is 5.26 Å². The Bertz CT molecular complexity index is 1840. The van der Waals surface area contributed by atoms with E-state index in [1.54, 1.807) is 36.6 Å². The SMILES string of the molecule is CCNC(=O)[C@@H](NC(=O)[C@H](C)NC[C@H](Cc1ccccc1)NC(=O)c1cc(C(=O)N[C@H](C)c2ccccc2)cc(-c2ccsc2C#N)c1)C(C)C. The fourth-order valence-electron chi connectivity index (χ4n) is 5.62. The van der Waals surface area contributed by atoms with Gasteiger partial charge in [0.05, 0.1) is 12.1 Å². The number of thiophene rings is 1. The molecule has 4 amide bonds. The third-order valence-corrected chi connectivity index (χ3v) is 9.32. The zero-order valence-electron chi connectivity index (χ0n) is 29.7. The van der Waals surface area contributed by atoms with Crippen LogP contribution in [0.25, 0.3) is 11.1 Å². The molecule has 5 N–H and O–H groups in total. The monoisotopic (exact) mass is 706 g/mol. The highest BCUT2D eigenvalue weighted by Gasteiger charge is 2.27. The minimum absolute atomic E-state index is 0.111. The van der Waals surface area contributed by atoms with E-state index in [9.17, 15) is 24.4 Å². The van der Waals surface area contributed by atoms with Crippen molar-refractivity contribution in [3.63, 3.8) is 0 Å². The van der Waals surface area contributed by atoms with E-state index < -0.39 is 24.0 Å². The van der Waals surface area contributed by atoms with Crippen LogP contribution >= 0.6 is 11.3 Å². The summed E-state index contributed by atoms with van der Waals surface area (Å²) in [5.41, 5.74) is 3.67. The molecule has 3 aromatic carbocycles. The first kappa shape index (κ1) is 38.5. The van der Waals surface area contributed by atoms with Crippen LogP contribution in [0.1, 0.15) is 77.4 Å². The molecule has 0 aliphatic heterocycles. The van der Waals surface area contributed by atoms with Gasteiger partial charge in [0.2, 0.25) is 11.8 Å². The Morgan fingerprint density at radius 3 is 2.02 bits per heavy atom. The van der Waals surface area contributed by atoms with Crippen molar-refractivity contribution in [1.82, 2.24) is 26.6 Å². The summed E-state index contributed by atoms with van der Waals surface area (Å²) in [6, 6.07) is 26.1. The molecule has 11 heteroatoms. The number of hydrogen-bond donors (Lipinski definition) is 5. The maximum atomic E-state index is 14.0. The topological polar surface area (TPSA) is 152 Å². The van der Waals surface area contributed by atoms with Gasteiger partial charge in [0, 0.05) is 35.8 Å². The van der Waals surface area contributed by atoms with E-state index in [0.717, 1.165) is 11.1 Å². The molecule has 0 radical (unpaired) electrons. The number of likely N-dealkylation sites (N-methyl/N-ethyl adjacent to an activating group) is 1. The van der Waals surface area contributed by atoms with Crippen molar-refractivity contribution in [3.05, 3.63) is 117 Å². The van der Waals surface area contributed by atoms with Gasteiger partial charge in [0.1, 0.15) is 17.0 Å². The van der Waals surface area contributed by atoms with Gasteiger partial charge in [-0.25, -0.2) is 0 Å². The summed E-state index contributed by atoms with van der Waals surface area (Å²) in [6.45, 7) is 9.88. The summed E-state index contributed by atoms with van der Waals surface area (Å²) in [5, 5.41) is 26.5. The van der Waals surface area contributed by atoms with E-state index in [-0.39, 0.29) is 47.4 Å². The molecule has 266 valence electrons. The molecule has 0 unspecified atom stereocenters. The third kappa shape index (κ3) is 10.8. The fourth-order valence-corrected chi connectivity index (χ4v) is 6.33. The zero-order valence-corrected chi connectivity index (χ0v) is 30.5. The fraction of sp³-hybridized carbons (Fsp3) is 0.325. The number of nitrogens with one attached hydrogen (secondary N) is 5. The molecule has 0 spiro atoms. The number of rotatable bonds is 16. The van der Waals surface area contributed by atoms with Gasteiger partial charge in [-0.1, -0.05) is 74.5 Å². The van der Waals surface area contributed by atoms with E-state index in [1.165, 1.54) is 11.3 Å². The summed E-state index contributed by atoms with van der Waals surface area (Å²) in [7, 11) is 0. The van der Waals surface area contributed by atoms with Crippen LogP contribution < -0.4 is 26.6 Å². The minimum atomic E-state index is -0.680. The summed E-state index contributed by atoms with van der Waals surface area (Å²) in [4.78, 5) is 53.8. The maximum Gasteiger partial charge on any atom is 0.251 e. The number of amides is 4. The van der Waals surface area contributed by atoms with Crippen molar-refractivity contribution in [3.8, 4) is 17.2 Å². The normalized spacial score (nSPS) is 13.3. The first-order valence-electron chi connectivity index (χ1n) is 17.2. The minimum Gasteiger partial charge on any atom is -0.355 e. The number of nitriles is 1. The highest BCUT2D eigenvalue weighted by molar-refractivity contribution is 7.11. The molecule has 0 saturated heterocycles. The van der Waals surface area contributed by atoms with Crippen LogP contribution in [0.2, 0.25) is 0 Å². The zero-order chi connectivity index (χ0) is 36.9. The van der Waals surface area contributed by atoms with Gasteiger partial charge in [0.25, 0.3) is 11.8 Å². The standard InChI is InChI=1S/C40H46N6O4S/c1-6-42-40(50)36(25(2)3)46-37(47)27(5)43-24-33(19-28-13-9-7-10-14-28)45-39(49)32-21-30(34-17-18-51-35(34)23-41)20-31(22-32)38(48)44-26(4)29-15-11-8-12-16-29/h7-18,20-22,25-27,33,36,43H,6,19,24H2,1-5H3,(H,42,50)(H,44,48)(H,45,49)(H,46,47)/t26-,27+,33+,36+/m1/s1. The van der Waals surface area contributed by atoms with Crippen LogP contribution in [0.5, 0.6) is 0 Å². The van der Waals surface area contributed by atoms with Gasteiger partial charge in [0.15, 0.2) is 0 Å². The molecule has 0 aliphatic rings. The van der Waals surface area contributed by atoms with Crippen LogP contribution in [0.15, 0.2) is 90.3 Å². The Kier molecular flexibility index (Phi) is 14.1. The third-order valence-electron chi connectivity index (χ3n) is 8.50. The molecule has 51 heavy (non-hydrogen) atoms. The van der Waals surface area contributed by atoms with Crippen LogP contribution in [-0.4, -0.2) is 54.8 Å². The lowest BCUT2D eigenvalue weighted by molar-refractivity contribution is -0.130. The van der Waals surface area contributed by atoms with E-state index in [1.807, 2.05) is 88.4 Å². The van der Waals surface area contributed by atoms with Crippen LogP contribution in [0.3, 0.4) is 0 Å². The quantitative estimate of drug-likeness (QED) is 0.106.